The largest absolute Gasteiger partial charge is 0.393 e. The molecule has 0 aromatic rings. The maximum atomic E-state index is 9.79. The maximum Gasteiger partial charge on any atom is 0.151 e. The fraction of sp³-hybridized carbons (Fsp3) is 0.800. The minimum absolute atomic E-state index is 0.177. The molecule has 2 atom stereocenters. The van der Waals surface area contributed by atoms with Gasteiger partial charge in [-0.25, -0.2) is 0 Å². The fourth-order valence-electron chi connectivity index (χ4n) is 0.240. The topological polar surface area (TPSA) is 77.8 Å². The summed E-state index contributed by atoms with van der Waals surface area (Å²) in [6.45, 7) is 0.541. The smallest absolute Gasteiger partial charge is 0.151 e. The van der Waals surface area contributed by atoms with Gasteiger partial charge in [0.1, 0.15) is 11.7 Å². The number of hydrogen-bond donors (Lipinski definition) is 3. The number of aliphatic hydroxyl groups excluding tert-OH is 2. The first-order chi connectivity index (χ1) is 4.04. The first-order valence-corrected chi connectivity index (χ1v) is 2.51. The predicted octanol–water partition coefficient (Wildman–Crippen LogP) is -1.71. The summed E-state index contributed by atoms with van der Waals surface area (Å²) in [5.41, 5.74) is -1.71. The molecule has 4 nitrogen and oxygen atoms in total. The molecule has 0 aliphatic rings. The van der Waals surface area contributed by atoms with Crippen LogP contribution in [-0.2, 0) is 4.79 Å². The third kappa shape index (κ3) is 2.09. The number of rotatable bonds is 3. The minimum atomic E-state index is -1.71. The molecule has 4 heteroatoms. The third-order valence-electron chi connectivity index (χ3n) is 1.09. The van der Waals surface area contributed by atoms with Crippen LogP contribution in [0.5, 0.6) is 0 Å². The second-order valence-electron chi connectivity index (χ2n) is 2.10. The van der Waals surface area contributed by atoms with Gasteiger partial charge >= 0.3 is 0 Å². The molecule has 0 aromatic heterocycles. The van der Waals surface area contributed by atoms with Gasteiger partial charge < -0.3 is 20.1 Å². The summed E-state index contributed by atoms with van der Waals surface area (Å²) in [7, 11) is 0. The highest BCUT2D eigenvalue weighted by molar-refractivity contribution is 5.57. The molecule has 3 N–H and O–H groups in total. The van der Waals surface area contributed by atoms with Gasteiger partial charge in [-0.05, 0) is 6.92 Å². The molecule has 54 valence electrons. The molecule has 0 aromatic carbocycles. The lowest BCUT2D eigenvalue weighted by Crippen LogP contribution is -2.43. The Morgan fingerprint density at radius 2 is 2.22 bits per heavy atom. The summed E-state index contributed by atoms with van der Waals surface area (Å²) in [4.78, 5) is 9.79. The van der Waals surface area contributed by atoms with Crippen molar-refractivity contribution < 1.29 is 20.1 Å². The van der Waals surface area contributed by atoms with E-state index in [0.717, 1.165) is 0 Å². The van der Waals surface area contributed by atoms with Crippen LogP contribution in [0.15, 0.2) is 0 Å². The summed E-state index contributed by atoms with van der Waals surface area (Å²) in [6, 6.07) is 0. The molecule has 0 fully saturated rings. The number of aldehydes is 1. The van der Waals surface area contributed by atoms with E-state index >= 15 is 0 Å². The van der Waals surface area contributed by atoms with Crippen LogP contribution in [0.3, 0.4) is 0 Å². The monoisotopic (exact) mass is 134 g/mol. The van der Waals surface area contributed by atoms with Gasteiger partial charge in [0, 0.05) is 0 Å². The van der Waals surface area contributed by atoms with Crippen molar-refractivity contribution in [1.29, 1.82) is 0 Å². The highest BCUT2D eigenvalue weighted by atomic mass is 16.4. The van der Waals surface area contributed by atoms with E-state index in [-0.39, 0.29) is 6.29 Å². The lowest BCUT2D eigenvalue weighted by Gasteiger charge is -2.21. The standard InChI is InChI=1S/C5H10O4/c1-5(9,3-7)4(8)2-6/h2,4,7-9H,3H2,1H3/t4-,5?/m0/s1. The highest BCUT2D eigenvalue weighted by Crippen LogP contribution is 2.05. The molecule has 0 amide bonds. The van der Waals surface area contributed by atoms with Crippen LogP contribution in [0.1, 0.15) is 6.92 Å². The van der Waals surface area contributed by atoms with E-state index < -0.39 is 18.3 Å². The molecule has 0 aliphatic carbocycles. The van der Waals surface area contributed by atoms with Gasteiger partial charge in [0.2, 0.25) is 0 Å². The minimum Gasteiger partial charge on any atom is -0.393 e. The average molecular weight is 134 g/mol. The van der Waals surface area contributed by atoms with E-state index in [1.54, 1.807) is 0 Å². The molecule has 0 rings (SSSR count). The second-order valence-corrected chi connectivity index (χ2v) is 2.10. The van der Waals surface area contributed by atoms with Crippen molar-refractivity contribution in [1.82, 2.24) is 0 Å². The van der Waals surface area contributed by atoms with Crippen molar-refractivity contribution in [2.24, 2.45) is 0 Å². The normalized spacial score (nSPS) is 20.4. The first-order valence-electron chi connectivity index (χ1n) is 2.51. The number of carbonyl (C=O) groups excluding carboxylic acids is 1. The summed E-state index contributed by atoms with van der Waals surface area (Å²) in [5.74, 6) is 0. The first kappa shape index (κ1) is 8.55. The second kappa shape index (κ2) is 2.91. The van der Waals surface area contributed by atoms with Gasteiger partial charge in [-0.3, -0.25) is 0 Å². The van der Waals surface area contributed by atoms with Crippen molar-refractivity contribution in [3.63, 3.8) is 0 Å². The van der Waals surface area contributed by atoms with Gasteiger partial charge in [0.15, 0.2) is 6.29 Å². The molecule has 0 spiro atoms. The summed E-state index contributed by atoms with van der Waals surface area (Å²) < 4.78 is 0. The van der Waals surface area contributed by atoms with Crippen molar-refractivity contribution in [3.05, 3.63) is 0 Å². The molecular formula is C5H10O4. The summed E-state index contributed by atoms with van der Waals surface area (Å²) in [5, 5.41) is 25.8. The zero-order chi connectivity index (χ0) is 7.49. The average Bonchev–Trinajstić information content (AvgIpc) is 1.86. The van der Waals surface area contributed by atoms with Gasteiger partial charge in [-0.1, -0.05) is 0 Å². The predicted molar refractivity (Wildman–Crippen MR) is 29.8 cm³/mol. The SMILES string of the molecule is CC(O)(CO)[C@@H](O)C=O. The number of aliphatic hydroxyl groups is 3. The fourth-order valence-corrected chi connectivity index (χ4v) is 0.240. The van der Waals surface area contributed by atoms with Crippen LogP contribution in [0.4, 0.5) is 0 Å². The highest BCUT2D eigenvalue weighted by Gasteiger charge is 2.28. The molecule has 1 unspecified atom stereocenters. The molecule has 0 radical (unpaired) electrons. The molecule has 0 heterocycles. The molecule has 0 bridgehead atoms. The Labute approximate surface area is 52.7 Å². The van der Waals surface area contributed by atoms with Gasteiger partial charge in [0.25, 0.3) is 0 Å². The lowest BCUT2D eigenvalue weighted by molar-refractivity contribution is -0.134. The van der Waals surface area contributed by atoms with Crippen molar-refractivity contribution in [3.8, 4) is 0 Å². The van der Waals surface area contributed by atoms with Crippen molar-refractivity contribution >= 4 is 6.29 Å². The molecule has 0 saturated carbocycles. The van der Waals surface area contributed by atoms with Crippen LogP contribution in [0.2, 0.25) is 0 Å². The van der Waals surface area contributed by atoms with Crippen LogP contribution in [0.25, 0.3) is 0 Å². The Bertz CT molecular complexity index is 99.1. The number of carbonyl (C=O) groups is 1. The van der Waals surface area contributed by atoms with E-state index in [1.165, 1.54) is 6.92 Å². The Hall–Kier alpha value is -0.450. The summed E-state index contributed by atoms with van der Waals surface area (Å²) >= 11 is 0. The van der Waals surface area contributed by atoms with Gasteiger partial charge in [-0.2, -0.15) is 0 Å². The quantitative estimate of drug-likeness (QED) is 0.402. The maximum absolute atomic E-state index is 9.79. The van der Waals surface area contributed by atoms with Crippen LogP contribution >= 0.6 is 0 Å². The number of hydrogen-bond acceptors (Lipinski definition) is 4. The van der Waals surface area contributed by atoms with E-state index in [1.807, 2.05) is 0 Å². The van der Waals surface area contributed by atoms with Crippen LogP contribution in [-0.4, -0.2) is 39.9 Å². The third-order valence-corrected chi connectivity index (χ3v) is 1.09. The Kier molecular flexibility index (Phi) is 2.76. The van der Waals surface area contributed by atoms with E-state index in [9.17, 15) is 4.79 Å². The molecule has 9 heavy (non-hydrogen) atoms. The molecule has 0 saturated heterocycles. The molecule has 0 aliphatic heterocycles. The van der Waals surface area contributed by atoms with Crippen LogP contribution < -0.4 is 0 Å². The van der Waals surface area contributed by atoms with Crippen LogP contribution in [0, 0.1) is 0 Å². The zero-order valence-electron chi connectivity index (χ0n) is 5.11. The lowest BCUT2D eigenvalue weighted by atomic mass is 10.0. The van der Waals surface area contributed by atoms with Crippen molar-refractivity contribution in [2.75, 3.05) is 6.61 Å². The summed E-state index contributed by atoms with van der Waals surface area (Å²) in [6.07, 6.45) is -1.33. The Morgan fingerprint density at radius 3 is 2.33 bits per heavy atom. The Balaban J connectivity index is 3.95. The van der Waals surface area contributed by atoms with Gasteiger partial charge in [-0.15, -0.1) is 0 Å². The van der Waals surface area contributed by atoms with E-state index in [0.29, 0.717) is 0 Å². The van der Waals surface area contributed by atoms with E-state index in [4.69, 9.17) is 15.3 Å². The molecular weight excluding hydrogens is 124 g/mol. The van der Waals surface area contributed by atoms with E-state index in [2.05, 4.69) is 0 Å². The zero-order valence-corrected chi connectivity index (χ0v) is 5.11. The van der Waals surface area contributed by atoms with Gasteiger partial charge in [0.05, 0.1) is 6.61 Å². The van der Waals surface area contributed by atoms with Crippen molar-refractivity contribution in [2.45, 2.75) is 18.6 Å². The Morgan fingerprint density at radius 1 is 1.78 bits per heavy atom.